The molecule has 1 aliphatic rings. The molecular weight excluding hydrogens is 304 g/mol. The van der Waals surface area contributed by atoms with E-state index in [1.165, 1.54) is 0 Å². The van der Waals surface area contributed by atoms with Crippen LogP contribution in [0.2, 0.25) is 0 Å². The fourth-order valence-corrected chi connectivity index (χ4v) is 3.02. The summed E-state index contributed by atoms with van der Waals surface area (Å²) in [5.74, 6) is 0.923. The molecule has 130 valence electrons. The average molecular weight is 330 g/mol. The predicted octanol–water partition coefficient (Wildman–Crippen LogP) is 2.14. The minimum Gasteiger partial charge on any atom is -0.492 e. The monoisotopic (exact) mass is 330 g/mol. The Balaban J connectivity index is 1.54. The van der Waals surface area contributed by atoms with E-state index in [1.54, 1.807) is 4.68 Å². The summed E-state index contributed by atoms with van der Waals surface area (Å²) in [4.78, 5) is 2.21. The molecule has 1 N–H and O–H groups in total. The molecule has 0 amide bonds. The van der Waals surface area contributed by atoms with Crippen LogP contribution >= 0.6 is 0 Å². The lowest BCUT2D eigenvalue weighted by molar-refractivity contribution is 0.0403. The highest BCUT2D eigenvalue weighted by Crippen LogP contribution is 2.30. The molecule has 0 aliphatic carbocycles. The van der Waals surface area contributed by atoms with Crippen LogP contribution in [0, 0.1) is 6.92 Å². The molecule has 1 saturated heterocycles. The summed E-state index contributed by atoms with van der Waals surface area (Å²) in [6.45, 7) is 8.94. The number of nitrogens with zero attached hydrogens (tertiary/aromatic N) is 4. The second kappa shape index (κ2) is 6.91. The Kier molecular flexibility index (Phi) is 4.87. The van der Waals surface area contributed by atoms with Gasteiger partial charge in [-0.2, -0.15) is 0 Å². The van der Waals surface area contributed by atoms with E-state index in [-0.39, 0.29) is 6.04 Å². The lowest BCUT2D eigenvalue weighted by Gasteiger charge is -2.21. The molecule has 0 saturated carbocycles. The molecule has 1 unspecified atom stereocenters. The number of aliphatic hydroxyl groups is 1. The Hall–Kier alpha value is -1.92. The van der Waals surface area contributed by atoms with Crippen molar-refractivity contribution in [3.05, 3.63) is 41.7 Å². The van der Waals surface area contributed by atoms with E-state index in [2.05, 4.69) is 15.2 Å². The molecule has 1 aromatic heterocycles. The molecule has 2 aromatic rings. The summed E-state index contributed by atoms with van der Waals surface area (Å²) < 4.78 is 7.64. The lowest BCUT2D eigenvalue weighted by atomic mass is 10.00. The summed E-state index contributed by atoms with van der Waals surface area (Å²) in [6, 6.07) is 8.26. The fourth-order valence-electron chi connectivity index (χ4n) is 3.02. The van der Waals surface area contributed by atoms with E-state index >= 15 is 0 Å². The van der Waals surface area contributed by atoms with E-state index < -0.39 is 5.60 Å². The van der Waals surface area contributed by atoms with Crippen molar-refractivity contribution in [2.24, 2.45) is 0 Å². The first kappa shape index (κ1) is 16.9. The van der Waals surface area contributed by atoms with E-state index in [1.807, 2.05) is 51.2 Å². The van der Waals surface area contributed by atoms with Crippen LogP contribution in [0.4, 0.5) is 0 Å². The van der Waals surface area contributed by atoms with Crippen molar-refractivity contribution in [2.75, 3.05) is 26.2 Å². The predicted molar refractivity (Wildman–Crippen MR) is 92.0 cm³/mol. The molecular formula is C18H26N4O2. The Morgan fingerprint density at radius 1 is 1.33 bits per heavy atom. The van der Waals surface area contributed by atoms with Crippen LogP contribution in [0.5, 0.6) is 5.75 Å². The molecule has 0 spiro atoms. The van der Waals surface area contributed by atoms with Crippen molar-refractivity contribution >= 4 is 0 Å². The van der Waals surface area contributed by atoms with Gasteiger partial charge < -0.3 is 9.84 Å². The Labute approximate surface area is 143 Å². The Morgan fingerprint density at radius 3 is 2.83 bits per heavy atom. The van der Waals surface area contributed by atoms with Gasteiger partial charge in [-0.15, -0.1) is 5.10 Å². The molecule has 1 fully saturated rings. The third kappa shape index (κ3) is 3.60. The topological polar surface area (TPSA) is 63.4 Å². The average Bonchev–Trinajstić information content (AvgIpc) is 3.17. The first-order chi connectivity index (χ1) is 11.5. The van der Waals surface area contributed by atoms with Crippen molar-refractivity contribution < 1.29 is 9.84 Å². The summed E-state index contributed by atoms with van der Waals surface area (Å²) in [7, 11) is 0. The van der Waals surface area contributed by atoms with Gasteiger partial charge >= 0.3 is 0 Å². The van der Waals surface area contributed by atoms with Gasteiger partial charge in [-0.3, -0.25) is 4.90 Å². The number of rotatable bonds is 6. The zero-order valence-electron chi connectivity index (χ0n) is 14.6. The van der Waals surface area contributed by atoms with Crippen LogP contribution in [-0.4, -0.2) is 51.2 Å². The number of aromatic nitrogens is 3. The van der Waals surface area contributed by atoms with Gasteiger partial charge in [0.1, 0.15) is 23.7 Å². The van der Waals surface area contributed by atoms with Gasteiger partial charge in [-0.1, -0.05) is 23.4 Å². The standard InChI is InChI=1S/C18H26N4O2/c1-14(2)22-12-17(19-20-22)18(23)8-9-21(13-18)10-11-24-16-7-5-4-6-15(16)3/h4-7,12,14,23H,8-11,13H2,1-3H3. The summed E-state index contributed by atoms with van der Waals surface area (Å²) in [5, 5.41) is 19.2. The third-order valence-electron chi connectivity index (χ3n) is 4.60. The zero-order valence-corrected chi connectivity index (χ0v) is 14.6. The van der Waals surface area contributed by atoms with Gasteiger partial charge in [-0.05, 0) is 38.8 Å². The Bertz CT molecular complexity index is 685. The van der Waals surface area contributed by atoms with E-state index in [0.29, 0.717) is 25.3 Å². The van der Waals surface area contributed by atoms with E-state index in [0.717, 1.165) is 24.4 Å². The maximum atomic E-state index is 10.9. The summed E-state index contributed by atoms with van der Waals surface area (Å²) in [5.41, 5.74) is 0.898. The number of ether oxygens (including phenoxy) is 1. The first-order valence-corrected chi connectivity index (χ1v) is 8.53. The Morgan fingerprint density at radius 2 is 2.12 bits per heavy atom. The quantitative estimate of drug-likeness (QED) is 0.879. The number of hydrogen-bond acceptors (Lipinski definition) is 5. The molecule has 2 heterocycles. The maximum Gasteiger partial charge on any atom is 0.124 e. The second-order valence-electron chi connectivity index (χ2n) is 6.85. The molecule has 1 aromatic carbocycles. The molecule has 0 bridgehead atoms. The SMILES string of the molecule is Cc1ccccc1OCCN1CCC(O)(c2cn(C(C)C)nn2)C1. The summed E-state index contributed by atoms with van der Waals surface area (Å²) >= 11 is 0. The minimum atomic E-state index is -0.907. The van der Waals surface area contributed by atoms with Crippen LogP contribution < -0.4 is 4.74 Å². The highest BCUT2D eigenvalue weighted by Gasteiger charge is 2.40. The fraction of sp³-hybridized carbons (Fsp3) is 0.556. The van der Waals surface area contributed by atoms with Crippen LogP contribution in [0.1, 0.15) is 37.6 Å². The van der Waals surface area contributed by atoms with Crippen molar-refractivity contribution in [2.45, 2.75) is 38.8 Å². The number of para-hydroxylation sites is 1. The smallest absolute Gasteiger partial charge is 0.124 e. The lowest BCUT2D eigenvalue weighted by Crippen LogP contribution is -2.33. The zero-order chi connectivity index (χ0) is 17.2. The first-order valence-electron chi connectivity index (χ1n) is 8.53. The second-order valence-corrected chi connectivity index (χ2v) is 6.85. The minimum absolute atomic E-state index is 0.245. The van der Waals surface area contributed by atoms with Gasteiger partial charge in [-0.25, -0.2) is 4.68 Å². The number of β-amino-alcohol motifs (C(OH)–C–C–N with tert-alkyl or cyclic N) is 1. The summed E-state index contributed by atoms with van der Waals surface area (Å²) in [6.07, 6.45) is 2.53. The van der Waals surface area contributed by atoms with E-state index in [4.69, 9.17) is 4.74 Å². The number of likely N-dealkylation sites (tertiary alicyclic amines) is 1. The van der Waals surface area contributed by atoms with Crippen molar-refractivity contribution in [1.82, 2.24) is 19.9 Å². The maximum absolute atomic E-state index is 10.9. The number of hydrogen-bond donors (Lipinski definition) is 1. The molecule has 6 nitrogen and oxygen atoms in total. The third-order valence-corrected chi connectivity index (χ3v) is 4.60. The largest absolute Gasteiger partial charge is 0.492 e. The van der Waals surface area contributed by atoms with Gasteiger partial charge in [0.25, 0.3) is 0 Å². The van der Waals surface area contributed by atoms with Gasteiger partial charge in [0.2, 0.25) is 0 Å². The number of aryl methyl sites for hydroxylation is 1. The van der Waals surface area contributed by atoms with Crippen molar-refractivity contribution in [3.8, 4) is 5.75 Å². The van der Waals surface area contributed by atoms with Gasteiger partial charge in [0.05, 0.1) is 6.20 Å². The molecule has 24 heavy (non-hydrogen) atoms. The van der Waals surface area contributed by atoms with Crippen molar-refractivity contribution in [3.63, 3.8) is 0 Å². The van der Waals surface area contributed by atoms with Gasteiger partial charge in [0, 0.05) is 25.7 Å². The van der Waals surface area contributed by atoms with E-state index in [9.17, 15) is 5.11 Å². The molecule has 1 aliphatic heterocycles. The van der Waals surface area contributed by atoms with Gasteiger partial charge in [0.15, 0.2) is 0 Å². The van der Waals surface area contributed by atoms with Crippen LogP contribution in [-0.2, 0) is 5.60 Å². The molecule has 0 radical (unpaired) electrons. The molecule has 6 heteroatoms. The van der Waals surface area contributed by atoms with Crippen molar-refractivity contribution in [1.29, 1.82) is 0 Å². The molecule has 3 rings (SSSR count). The van der Waals surface area contributed by atoms with Crippen LogP contribution in [0.25, 0.3) is 0 Å². The van der Waals surface area contributed by atoms with Crippen LogP contribution in [0.15, 0.2) is 30.5 Å². The highest BCUT2D eigenvalue weighted by atomic mass is 16.5. The highest BCUT2D eigenvalue weighted by molar-refractivity contribution is 5.31. The normalized spacial score (nSPS) is 21.5. The van der Waals surface area contributed by atoms with Crippen LogP contribution in [0.3, 0.4) is 0 Å². The number of benzene rings is 1. The molecule has 1 atom stereocenters.